The molecule has 1 N–H and O–H groups in total. The fourth-order valence-electron chi connectivity index (χ4n) is 4.08. The minimum Gasteiger partial charge on any atom is -0.351 e. The number of aryl methyl sites for hydroxylation is 2. The molecule has 0 radical (unpaired) electrons. The summed E-state index contributed by atoms with van der Waals surface area (Å²) in [5.41, 5.74) is 3.49. The lowest BCUT2D eigenvalue weighted by atomic mass is 9.98. The lowest BCUT2D eigenvalue weighted by Crippen LogP contribution is -2.41. The smallest absolute Gasteiger partial charge is 0.254 e. The Balaban J connectivity index is 1.75. The molecule has 1 aromatic carbocycles. The molecule has 0 aliphatic carbocycles. The van der Waals surface area contributed by atoms with Gasteiger partial charge in [-0.3, -0.25) is 14.6 Å². The summed E-state index contributed by atoms with van der Waals surface area (Å²) in [5.74, 6) is 0.0197. The first-order chi connectivity index (χ1) is 12.0. The van der Waals surface area contributed by atoms with Gasteiger partial charge in [0.25, 0.3) is 5.91 Å². The minimum atomic E-state index is -0.0904. The number of rotatable bonds is 1. The summed E-state index contributed by atoms with van der Waals surface area (Å²) in [5, 5.41) is 3.98. The molecule has 1 aromatic heterocycles. The largest absolute Gasteiger partial charge is 0.351 e. The van der Waals surface area contributed by atoms with Crippen LogP contribution in [-0.4, -0.2) is 40.8 Å². The lowest BCUT2D eigenvalue weighted by molar-refractivity contribution is -0.124. The summed E-state index contributed by atoms with van der Waals surface area (Å²) in [7, 11) is 0. The van der Waals surface area contributed by atoms with E-state index < -0.39 is 0 Å². The summed E-state index contributed by atoms with van der Waals surface area (Å²) in [6.45, 7) is 5.04. The minimum absolute atomic E-state index is 0.00880. The number of carbonyl (C=O) groups excluding carboxylic acids is 2. The summed E-state index contributed by atoms with van der Waals surface area (Å²) in [4.78, 5) is 32.1. The van der Waals surface area contributed by atoms with Crippen molar-refractivity contribution in [2.24, 2.45) is 5.92 Å². The molecule has 2 saturated heterocycles. The van der Waals surface area contributed by atoms with E-state index in [0.717, 1.165) is 41.4 Å². The zero-order valence-corrected chi connectivity index (χ0v) is 14.7. The number of pyridine rings is 1. The number of nitrogens with zero attached hydrogens (tertiary/aromatic N) is 2. The van der Waals surface area contributed by atoms with Crippen LogP contribution < -0.4 is 5.32 Å². The SMILES string of the molecule is Cc1cc(C(=O)N2CC3CCCC(C2)C(=O)N3)c2cccc(C)c2n1. The highest BCUT2D eigenvalue weighted by Crippen LogP contribution is 2.26. The van der Waals surface area contributed by atoms with E-state index in [-0.39, 0.29) is 23.8 Å². The number of carbonyl (C=O) groups is 2. The average molecular weight is 337 g/mol. The van der Waals surface area contributed by atoms with Gasteiger partial charge >= 0.3 is 0 Å². The molecule has 4 rings (SSSR count). The van der Waals surface area contributed by atoms with Gasteiger partial charge in [0, 0.05) is 30.2 Å². The van der Waals surface area contributed by atoms with Gasteiger partial charge in [-0.15, -0.1) is 0 Å². The van der Waals surface area contributed by atoms with Crippen LogP contribution in [0.25, 0.3) is 10.9 Å². The molecule has 0 spiro atoms. The fraction of sp³-hybridized carbons (Fsp3) is 0.450. The van der Waals surface area contributed by atoms with Gasteiger partial charge in [0.1, 0.15) is 0 Å². The van der Waals surface area contributed by atoms with Crippen LogP contribution in [-0.2, 0) is 4.79 Å². The van der Waals surface area contributed by atoms with Crippen molar-refractivity contribution in [3.63, 3.8) is 0 Å². The predicted molar refractivity (Wildman–Crippen MR) is 96.4 cm³/mol. The van der Waals surface area contributed by atoms with E-state index in [0.29, 0.717) is 18.7 Å². The molecule has 2 aromatic rings. The Morgan fingerprint density at radius 2 is 2.08 bits per heavy atom. The fourth-order valence-corrected chi connectivity index (χ4v) is 4.08. The molecule has 5 nitrogen and oxygen atoms in total. The molecule has 2 amide bonds. The van der Waals surface area contributed by atoms with Crippen LogP contribution in [0.3, 0.4) is 0 Å². The van der Waals surface area contributed by atoms with E-state index in [4.69, 9.17) is 0 Å². The summed E-state index contributed by atoms with van der Waals surface area (Å²) in [6, 6.07) is 7.89. The number of fused-ring (bicyclic) bond motifs is 4. The van der Waals surface area contributed by atoms with Crippen molar-refractivity contribution in [1.82, 2.24) is 15.2 Å². The van der Waals surface area contributed by atoms with E-state index in [1.165, 1.54) is 0 Å². The lowest BCUT2D eigenvalue weighted by Gasteiger charge is -2.28. The zero-order valence-electron chi connectivity index (χ0n) is 14.7. The number of benzene rings is 1. The molecule has 25 heavy (non-hydrogen) atoms. The molecule has 130 valence electrons. The maximum Gasteiger partial charge on any atom is 0.254 e. The van der Waals surface area contributed by atoms with E-state index >= 15 is 0 Å². The third kappa shape index (κ3) is 2.88. The maximum absolute atomic E-state index is 13.3. The third-order valence-corrected chi connectivity index (χ3v) is 5.39. The van der Waals surface area contributed by atoms with Crippen molar-refractivity contribution in [1.29, 1.82) is 0 Å². The molecule has 2 unspecified atom stereocenters. The Kier molecular flexibility index (Phi) is 3.94. The quantitative estimate of drug-likeness (QED) is 0.870. The van der Waals surface area contributed by atoms with E-state index in [2.05, 4.69) is 10.3 Å². The third-order valence-electron chi connectivity index (χ3n) is 5.39. The van der Waals surface area contributed by atoms with Crippen molar-refractivity contribution >= 4 is 22.7 Å². The van der Waals surface area contributed by atoms with Gasteiger partial charge in [-0.1, -0.05) is 24.6 Å². The predicted octanol–water partition coefficient (Wildman–Crippen LogP) is 2.59. The summed E-state index contributed by atoms with van der Waals surface area (Å²) >= 11 is 0. The van der Waals surface area contributed by atoms with E-state index in [9.17, 15) is 9.59 Å². The van der Waals surface area contributed by atoms with Crippen LogP contribution in [0.5, 0.6) is 0 Å². The van der Waals surface area contributed by atoms with Gasteiger partial charge in [-0.05, 0) is 38.3 Å². The van der Waals surface area contributed by atoms with E-state index in [1.807, 2.05) is 43.0 Å². The molecule has 2 fully saturated rings. The van der Waals surface area contributed by atoms with Crippen LogP contribution in [0.1, 0.15) is 40.9 Å². The first-order valence-corrected chi connectivity index (χ1v) is 8.99. The Morgan fingerprint density at radius 3 is 2.92 bits per heavy atom. The number of hydrogen-bond acceptors (Lipinski definition) is 3. The van der Waals surface area contributed by atoms with Gasteiger partial charge in [-0.2, -0.15) is 0 Å². The molecule has 2 aliphatic rings. The molecule has 0 saturated carbocycles. The number of hydrogen-bond donors (Lipinski definition) is 1. The second kappa shape index (κ2) is 6.14. The molecule has 2 aliphatic heterocycles. The molecular weight excluding hydrogens is 314 g/mol. The van der Waals surface area contributed by atoms with Gasteiger partial charge in [0.05, 0.1) is 17.0 Å². The van der Waals surface area contributed by atoms with Gasteiger partial charge < -0.3 is 10.2 Å². The van der Waals surface area contributed by atoms with Gasteiger partial charge in [-0.25, -0.2) is 0 Å². The van der Waals surface area contributed by atoms with Crippen molar-refractivity contribution in [2.45, 2.75) is 39.2 Å². The van der Waals surface area contributed by atoms with Crippen molar-refractivity contribution in [2.75, 3.05) is 13.1 Å². The van der Waals surface area contributed by atoms with E-state index in [1.54, 1.807) is 0 Å². The van der Waals surface area contributed by atoms with Crippen LogP contribution >= 0.6 is 0 Å². The van der Waals surface area contributed by atoms with Crippen LogP contribution in [0.15, 0.2) is 24.3 Å². The molecule has 3 heterocycles. The Hall–Kier alpha value is -2.43. The first kappa shape index (κ1) is 16.1. The molecule has 5 heteroatoms. The van der Waals surface area contributed by atoms with Crippen LogP contribution in [0.4, 0.5) is 0 Å². The first-order valence-electron chi connectivity index (χ1n) is 8.99. The van der Waals surface area contributed by atoms with Crippen LogP contribution in [0.2, 0.25) is 0 Å². The number of para-hydroxylation sites is 1. The number of amides is 2. The van der Waals surface area contributed by atoms with Gasteiger partial charge in [0.2, 0.25) is 5.91 Å². The highest BCUT2D eigenvalue weighted by Gasteiger charge is 2.35. The standard InChI is InChI=1S/C20H23N3O2/c1-12-5-3-8-16-17(9-13(2)21-18(12)16)20(25)23-10-14-6-4-7-15(11-23)22-19(14)24/h3,5,8-9,14-15H,4,6-7,10-11H2,1-2H3,(H,22,24). The maximum atomic E-state index is 13.3. The van der Waals surface area contributed by atoms with Crippen molar-refractivity contribution in [3.8, 4) is 0 Å². The van der Waals surface area contributed by atoms with Crippen LogP contribution in [0, 0.1) is 19.8 Å². The van der Waals surface area contributed by atoms with Crippen molar-refractivity contribution in [3.05, 3.63) is 41.1 Å². The highest BCUT2D eigenvalue weighted by atomic mass is 16.2. The Bertz CT molecular complexity index is 861. The average Bonchev–Trinajstić information content (AvgIpc) is 2.83. The second-order valence-electron chi connectivity index (χ2n) is 7.33. The van der Waals surface area contributed by atoms with Crippen molar-refractivity contribution < 1.29 is 9.59 Å². The molecular formula is C20H23N3O2. The monoisotopic (exact) mass is 337 g/mol. The Labute approximate surface area is 147 Å². The normalized spacial score (nSPS) is 23.3. The topological polar surface area (TPSA) is 62.3 Å². The second-order valence-corrected chi connectivity index (χ2v) is 7.33. The highest BCUT2D eigenvalue weighted by molar-refractivity contribution is 6.07. The number of nitrogens with one attached hydrogen (secondary N) is 1. The zero-order chi connectivity index (χ0) is 17.6. The molecule has 2 bridgehead atoms. The summed E-state index contributed by atoms with van der Waals surface area (Å²) in [6.07, 6.45) is 2.86. The molecule has 2 atom stereocenters. The number of aromatic nitrogens is 1. The summed E-state index contributed by atoms with van der Waals surface area (Å²) < 4.78 is 0. The Morgan fingerprint density at radius 1 is 1.24 bits per heavy atom. The number of likely N-dealkylation sites (tertiary alicyclic amines) is 1. The van der Waals surface area contributed by atoms with Gasteiger partial charge in [0.15, 0.2) is 0 Å².